The molecule has 0 saturated heterocycles. The van der Waals surface area contributed by atoms with E-state index < -0.39 is 12.1 Å². The minimum Gasteiger partial charge on any atom is -0.488 e. The lowest BCUT2D eigenvalue weighted by Crippen LogP contribution is -2.23. The zero-order chi connectivity index (χ0) is 17.3. The molecule has 130 valence electrons. The maximum Gasteiger partial charge on any atom is 0.334 e. The van der Waals surface area contributed by atoms with Crippen molar-refractivity contribution in [3.63, 3.8) is 0 Å². The van der Waals surface area contributed by atoms with Gasteiger partial charge in [0, 0.05) is 0 Å². The van der Waals surface area contributed by atoms with Crippen LogP contribution in [0.25, 0.3) is 0 Å². The van der Waals surface area contributed by atoms with E-state index in [4.69, 9.17) is 9.47 Å². The Bertz CT molecular complexity index is 459. The molecule has 0 aliphatic carbocycles. The second kappa shape index (κ2) is 9.56. The van der Waals surface area contributed by atoms with Gasteiger partial charge < -0.3 is 14.6 Å². The van der Waals surface area contributed by atoms with Crippen LogP contribution < -0.4 is 4.74 Å². The van der Waals surface area contributed by atoms with Crippen LogP contribution in [-0.2, 0) is 16.0 Å². The van der Waals surface area contributed by atoms with Crippen molar-refractivity contribution in [1.82, 2.24) is 0 Å². The van der Waals surface area contributed by atoms with Gasteiger partial charge in [-0.05, 0) is 64.2 Å². The van der Waals surface area contributed by atoms with Crippen LogP contribution in [0.4, 0.5) is 0 Å². The van der Waals surface area contributed by atoms with Crippen molar-refractivity contribution < 1.29 is 19.4 Å². The molecule has 0 aliphatic heterocycles. The molecule has 4 heteroatoms. The Hall–Kier alpha value is -1.55. The van der Waals surface area contributed by atoms with Crippen LogP contribution in [0, 0.1) is 0 Å². The summed E-state index contributed by atoms with van der Waals surface area (Å²) in [4.78, 5) is 11.5. The molecule has 0 spiro atoms. The van der Waals surface area contributed by atoms with Crippen LogP contribution in [0.15, 0.2) is 24.3 Å². The highest BCUT2D eigenvalue weighted by Crippen LogP contribution is 2.19. The summed E-state index contributed by atoms with van der Waals surface area (Å²) < 4.78 is 10.8. The summed E-state index contributed by atoms with van der Waals surface area (Å²) in [5.41, 5.74) is 0.960. The second-order valence-corrected chi connectivity index (χ2v) is 6.79. The highest BCUT2D eigenvalue weighted by molar-refractivity contribution is 5.74. The van der Waals surface area contributed by atoms with Crippen LogP contribution in [0.3, 0.4) is 0 Å². The maximum atomic E-state index is 11.5. The lowest BCUT2D eigenvalue weighted by Gasteiger charge is -2.21. The van der Waals surface area contributed by atoms with E-state index in [1.807, 2.05) is 52.0 Å². The first kappa shape index (κ1) is 19.5. The third-order valence-electron chi connectivity index (χ3n) is 3.30. The van der Waals surface area contributed by atoms with Crippen LogP contribution in [-0.4, -0.2) is 29.4 Å². The van der Waals surface area contributed by atoms with Crippen molar-refractivity contribution in [1.29, 1.82) is 0 Å². The van der Waals surface area contributed by atoms with Gasteiger partial charge in [0.25, 0.3) is 0 Å². The number of rotatable bonds is 9. The topological polar surface area (TPSA) is 55.8 Å². The fourth-order valence-electron chi connectivity index (χ4n) is 2.11. The minimum absolute atomic E-state index is 0.205. The molecular formula is C19H30O4. The molecule has 0 fully saturated rings. The first-order valence-corrected chi connectivity index (χ1v) is 8.44. The van der Waals surface area contributed by atoms with E-state index in [0.717, 1.165) is 37.0 Å². The van der Waals surface area contributed by atoms with E-state index in [9.17, 15) is 9.90 Å². The van der Waals surface area contributed by atoms with E-state index in [-0.39, 0.29) is 5.60 Å². The highest BCUT2D eigenvalue weighted by Gasteiger charge is 2.16. The Labute approximate surface area is 139 Å². The predicted octanol–water partition coefficient (Wildman–Crippen LogP) is 3.89. The van der Waals surface area contributed by atoms with Crippen LogP contribution >= 0.6 is 0 Å². The lowest BCUT2D eigenvalue weighted by molar-refractivity contribution is -0.154. The molecule has 0 aliphatic rings. The predicted molar refractivity (Wildman–Crippen MR) is 91.6 cm³/mol. The molecular weight excluding hydrogens is 292 g/mol. The number of hydrogen-bond acceptors (Lipinski definition) is 4. The van der Waals surface area contributed by atoms with Gasteiger partial charge in [0.2, 0.25) is 0 Å². The van der Waals surface area contributed by atoms with E-state index >= 15 is 0 Å². The monoisotopic (exact) mass is 322 g/mol. The molecule has 0 saturated carbocycles. The average molecular weight is 322 g/mol. The quantitative estimate of drug-likeness (QED) is 0.553. The van der Waals surface area contributed by atoms with Gasteiger partial charge in [-0.15, -0.1) is 0 Å². The van der Waals surface area contributed by atoms with Gasteiger partial charge in [0.15, 0.2) is 6.10 Å². The summed E-state index contributed by atoms with van der Waals surface area (Å²) >= 11 is 0. The highest BCUT2D eigenvalue weighted by atomic mass is 16.5. The number of aliphatic hydroxyl groups excluding tert-OH is 1. The summed E-state index contributed by atoms with van der Waals surface area (Å²) in [7, 11) is 0. The number of esters is 1. The van der Waals surface area contributed by atoms with Gasteiger partial charge in [-0.3, -0.25) is 0 Å². The Morgan fingerprint density at radius 3 is 2.39 bits per heavy atom. The Morgan fingerprint density at radius 1 is 1.17 bits per heavy atom. The molecule has 0 unspecified atom stereocenters. The lowest BCUT2D eigenvalue weighted by atomic mass is 10.1. The number of aliphatic hydroxyl groups is 1. The fourth-order valence-corrected chi connectivity index (χ4v) is 2.11. The number of carbonyl (C=O) groups excluding carboxylic acids is 1. The van der Waals surface area contributed by atoms with Crippen molar-refractivity contribution in [3.8, 4) is 5.75 Å². The summed E-state index contributed by atoms with van der Waals surface area (Å²) in [6.07, 6.45) is 2.76. The molecule has 1 atom stereocenters. The molecule has 0 amide bonds. The van der Waals surface area contributed by atoms with Crippen molar-refractivity contribution in [2.45, 2.75) is 71.5 Å². The molecule has 4 nitrogen and oxygen atoms in total. The molecule has 0 bridgehead atoms. The normalized spacial score (nSPS) is 12.7. The maximum absolute atomic E-state index is 11.5. The minimum atomic E-state index is -1.02. The average Bonchev–Trinajstić information content (AvgIpc) is 2.47. The standard InChI is InChI=1S/C19H30O4/c1-5-6-14-22-18(21)17(20)9-7-8-15-10-12-16(13-11-15)23-19(2,3)4/h10-13,17,20H,5-9,14H2,1-4H3/t17-/m1/s1. The van der Waals surface area contributed by atoms with Gasteiger partial charge in [0.1, 0.15) is 11.4 Å². The van der Waals surface area contributed by atoms with Crippen LogP contribution in [0.1, 0.15) is 58.9 Å². The zero-order valence-corrected chi connectivity index (χ0v) is 14.8. The van der Waals surface area contributed by atoms with E-state index in [1.165, 1.54) is 0 Å². The van der Waals surface area contributed by atoms with Crippen LogP contribution in [0.2, 0.25) is 0 Å². The number of carbonyl (C=O) groups is 1. The first-order valence-electron chi connectivity index (χ1n) is 8.44. The Morgan fingerprint density at radius 2 is 1.83 bits per heavy atom. The summed E-state index contributed by atoms with van der Waals surface area (Å²) in [5, 5.41) is 9.77. The SMILES string of the molecule is CCCCOC(=O)[C@H](O)CCCc1ccc(OC(C)(C)C)cc1. The molecule has 23 heavy (non-hydrogen) atoms. The first-order chi connectivity index (χ1) is 10.8. The van der Waals surface area contributed by atoms with Crippen molar-refractivity contribution in [2.24, 2.45) is 0 Å². The second-order valence-electron chi connectivity index (χ2n) is 6.79. The van der Waals surface area contributed by atoms with Crippen molar-refractivity contribution >= 4 is 5.97 Å². The molecule has 1 N–H and O–H groups in total. The zero-order valence-electron chi connectivity index (χ0n) is 14.8. The molecule has 1 aromatic rings. The third kappa shape index (κ3) is 8.60. The summed E-state index contributed by atoms with van der Waals surface area (Å²) in [6, 6.07) is 7.95. The fraction of sp³-hybridized carbons (Fsp3) is 0.632. The Kier molecular flexibility index (Phi) is 8.10. The van der Waals surface area contributed by atoms with E-state index in [2.05, 4.69) is 0 Å². The molecule has 0 heterocycles. The van der Waals surface area contributed by atoms with Gasteiger partial charge in [0.05, 0.1) is 6.61 Å². The molecule has 0 radical (unpaired) electrons. The molecule has 1 rings (SSSR count). The summed E-state index contributed by atoms with van der Waals surface area (Å²) in [5.74, 6) is 0.341. The van der Waals surface area contributed by atoms with Gasteiger partial charge >= 0.3 is 5.97 Å². The van der Waals surface area contributed by atoms with E-state index in [1.54, 1.807) is 0 Å². The third-order valence-corrected chi connectivity index (χ3v) is 3.30. The van der Waals surface area contributed by atoms with E-state index in [0.29, 0.717) is 13.0 Å². The molecule has 1 aromatic carbocycles. The van der Waals surface area contributed by atoms with Crippen molar-refractivity contribution in [2.75, 3.05) is 6.61 Å². The van der Waals surface area contributed by atoms with Gasteiger partial charge in [-0.1, -0.05) is 25.5 Å². The number of unbranched alkanes of at least 4 members (excludes halogenated alkanes) is 1. The largest absolute Gasteiger partial charge is 0.488 e. The Balaban J connectivity index is 2.31. The number of aryl methyl sites for hydroxylation is 1. The smallest absolute Gasteiger partial charge is 0.334 e. The number of ether oxygens (including phenoxy) is 2. The van der Waals surface area contributed by atoms with Crippen LogP contribution in [0.5, 0.6) is 5.75 Å². The van der Waals surface area contributed by atoms with Crippen molar-refractivity contribution in [3.05, 3.63) is 29.8 Å². The number of hydrogen-bond donors (Lipinski definition) is 1. The number of benzene rings is 1. The van der Waals surface area contributed by atoms with Gasteiger partial charge in [-0.2, -0.15) is 0 Å². The molecule has 0 aromatic heterocycles. The summed E-state index contributed by atoms with van der Waals surface area (Å²) in [6.45, 7) is 8.47. The van der Waals surface area contributed by atoms with Gasteiger partial charge in [-0.25, -0.2) is 4.79 Å².